The Labute approximate surface area is 112 Å². The van der Waals surface area contributed by atoms with Gasteiger partial charge in [0.2, 0.25) is 0 Å². The van der Waals surface area contributed by atoms with Gasteiger partial charge in [-0.1, -0.05) is 29.8 Å². The van der Waals surface area contributed by atoms with E-state index in [4.69, 9.17) is 5.26 Å². The maximum atomic E-state index is 13.8. The standard InChI is InChI=1S/C16H15FN2/c1-11-3-6-14(7-4-11)12(2)19-16-8-5-13(10-18)9-15(16)17/h3-9,12,19H,1-2H3. The largest absolute Gasteiger partial charge is 0.376 e. The Morgan fingerprint density at radius 1 is 1.16 bits per heavy atom. The van der Waals surface area contributed by atoms with Crippen LogP contribution in [0.3, 0.4) is 0 Å². The van der Waals surface area contributed by atoms with Crippen molar-refractivity contribution in [2.75, 3.05) is 5.32 Å². The monoisotopic (exact) mass is 254 g/mol. The number of anilines is 1. The molecule has 2 nitrogen and oxygen atoms in total. The summed E-state index contributed by atoms with van der Waals surface area (Å²) in [5.74, 6) is -0.405. The zero-order chi connectivity index (χ0) is 13.8. The van der Waals surface area contributed by atoms with Crippen LogP contribution < -0.4 is 5.32 Å². The van der Waals surface area contributed by atoms with Gasteiger partial charge in [-0.15, -0.1) is 0 Å². The minimum atomic E-state index is -0.405. The first kappa shape index (κ1) is 13.1. The van der Waals surface area contributed by atoms with E-state index in [9.17, 15) is 4.39 Å². The van der Waals surface area contributed by atoms with E-state index in [0.717, 1.165) is 5.56 Å². The molecule has 0 amide bonds. The molecule has 0 saturated heterocycles. The molecule has 1 N–H and O–H groups in total. The van der Waals surface area contributed by atoms with Crippen molar-refractivity contribution in [3.8, 4) is 6.07 Å². The molecule has 19 heavy (non-hydrogen) atoms. The number of rotatable bonds is 3. The first-order chi connectivity index (χ1) is 9.10. The molecule has 0 aliphatic carbocycles. The number of nitriles is 1. The molecular weight excluding hydrogens is 239 g/mol. The van der Waals surface area contributed by atoms with Crippen LogP contribution in [0.25, 0.3) is 0 Å². The van der Waals surface area contributed by atoms with Gasteiger partial charge in [-0.25, -0.2) is 4.39 Å². The van der Waals surface area contributed by atoms with E-state index < -0.39 is 5.82 Å². The van der Waals surface area contributed by atoms with E-state index >= 15 is 0 Å². The second kappa shape index (κ2) is 5.53. The Morgan fingerprint density at radius 3 is 2.42 bits per heavy atom. The lowest BCUT2D eigenvalue weighted by Crippen LogP contribution is -2.08. The molecule has 2 aromatic carbocycles. The fourth-order valence-corrected chi connectivity index (χ4v) is 1.87. The summed E-state index contributed by atoms with van der Waals surface area (Å²) in [6.07, 6.45) is 0. The van der Waals surface area contributed by atoms with Crippen molar-refractivity contribution in [3.05, 3.63) is 65.0 Å². The highest BCUT2D eigenvalue weighted by Crippen LogP contribution is 2.22. The third-order valence-electron chi connectivity index (χ3n) is 3.05. The SMILES string of the molecule is Cc1ccc(C(C)Nc2ccc(C#N)cc2F)cc1. The van der Waals surface area contributed by atoms with Crippen LogP contribution in [0.2, 0.25) is 0 Å². The molecular formula is C16H15FN2. The van der Waals surface area contributed by atoms with Gasteiger partial charge >= 0.3 is 0 Å². The van der Waals surface area contributed by atoms with Crippen LogP contribution in [-0.2, 0) is 0 Å². The van der Waals surface area contributed by atoms with Crippen molar-refractivity contribution in [2.24, 2.45) is 0 Å². The molecule has 0 heterocycles. The summed E-state index contributed by atoms with van der Waals surface area (Å²) in [6, 6.07) is 14.5. The summed E-state index contributed by atoms with van der Waals surface area (Å²) in [7, 11) is 0. The highest BCUT2D eigenvalue weighted by Gasteiger charge is 2.09. The number of benzene rings is 2. The maximum absolute atomic E-state index is 13.8. The van der Waals surface area contributed by atoms with Gasteiger partial charge in [-0.2, -0.15) is 5.26 Å². The molecule has 0 aliphatic rings. The van der Waals surface area contributed by atoms with Crippen LogP contribution in [0.1, 0.15) is 29.7 Å². The Bertz CT molecular complexity index is 612. The average molecular weight is 254 g/mol. The molecule has 2 aromatic rings. The van der Waals surface area contributed by atoms with Crippen LogP contribution in [0, 0.1) is 24.1 Å². The van der Waals surface area contributed by atoms with Crippen molar-refractivity contribution in [2.45, 2.75) is 19.9 Å². The van der Waals surface area contributed by atoms with Crippen LogP contribution in [0.5, 0.6) is 0 Å². The molecule has 0 saturated carbocycles. The van der Waals surface area contributed by atoms with Crippen LogP contribution in [-0.4, -0.2) is 0 Å². The lowest BCUT2D eigenvalue weighted by molar-refractivity contribution is 0.627. The minimum Gasteiger partial charge on any atom is -0.376 e. The number of aryl methyl sites for hydroxylation is 1. The van der Waals surface area contributed by atoms with Gasteiger partial charge in [-0.3, -0.25) is 0 Å². The van der Waals surface area contributed by atoms with E-state index in [-0.39, 0.29) is 6.04 Å². The normalized spacial score (nSPS) is 11.7. The van der Waals surface area contributed by atoms with Crippen LogP contribution >= 0.6 is 0 Å². The second-order valence-electron chi connectivity index (χ2n) is 4.58. The molecule has 1 atom stereocenters. The molecule has 0 radical (unpaired) electrons. The first-order valence-electron chi connectivity index (χ1n) is 6.13. The first-order valence-corrected chi connectivity index (χ1v) is 6.13. The molecule has 0 aliphatic heterocycles. The summed E-state index contributed by atoms with van der Waals surface area (Å²) >= 11 is 0. The summed E-state index contributed by atoms with van der Waals surface area (Å²) in [4.78, 5) is 0. The van der Waals surface area contributed by atoms with E-state index in [0.29, 0.717) is 11.3 Å². The third-order valence-corrected chi connectivity index (χ3v) is 3.05. The Morgan fingerprint density at radius 2 is 1.84 bits per heavy atom. The third kappa shape index (κ3) is 3.11. The molecule has 2 rings (SSSR count). The Kier molecular flexibility index (Phi) is 3.82. The molecule has 0 fully saturated rings. The lowest BCUT2D eigenvalue weighted by atomic mass is 10.1. The zero-order valence-corrected chi connectivity index (χ0v) is 10.9. The summed E-state index contributed by atoms with van der Waals surface area (Å²) in [6.45, 7) is 4.00. The number of nitrogens with zero attached hydrogens (tertiary/aromatic N) is 1. The van der Waals surface area contributed by atoms with E-state index in [2.05, 4.69) is 5.32 Å². The minimum absolute atomic E-state index is 0.00281. The van der Waals surface area contributed by atoms with Crippen molar-refractivity contribution in [1.82, 2.24) is 0 Å². The number of halogens is 1. The molecule has 0 spiro atoms. The smallest absolute Gasteiger partial charge is 0.147 e. The van der Waals surface area contributed by atoms with E-state index in [1.165, 1.54) is 11.6 Å². The summed E-state index contributed by atoms with van der Waals surface area (Å²) in [5, 5.41) is 11.8. The van der Waals surface area contributed by atoms with Gasteiger partial charge in [0.15, 0.2) is 0 Å². The maximum Gasteiger partial charge on any atom is 0.147 e. The predicted octanol–water partition coefficient (Wildman–Crippen LogP) is 4.18. The van der Waals surface area contributed by atoms with Crippen molar-refractivity contribution in [3.63, 3.8) is 0 Å². The van der Waals surface area contributed by atoms with Gasteiger partial charge in [0, 0.05) is 6.04 Å². The van der Waals surface area contributed by atoms with E-state index in [1.54, 1.807) is 12.1 Å². The average Bonchev–Trinajstić information content (AvgIpc) is 2.41. The van der Waals surface area contributed by atoms with Crippen LogP contribution in [0.15, 0.2) is 42.5 Å². The van der Waals surface area contributed by atoms with Gasteiger partial charge in [0.05, 0.1) is 17.3 Å². The number of hydrogen-bond acceptors (Lipinski definition) is 2. The predicted molar refractivity (Wildman–Crippen MR) is 74.3 cm³/mol. The van der Waals surface area contributed by atoms with Crippen molar-refractivity contribution in [1.29, 1.82) is 5.26 Å². The quantitative estimate of drug-likeness (QED) is 0.891. The number of nitrogens with one attached hydrogen (secondary N) is 1. The Hall–Kier alpha value is -2.34. The van der Waals surface area contributed by atoms with Crippen molar-refractivity contribution >= 4 is 5.69 Å². The second-order valence-corrected chi connectivity index (χ2v) is 4.58. The highest BCUT2D eigenvalue weighted by molar-refractivity contribution is 5.50. The lowest BCUT2D eigenvalue weighted by Gasteiger charge is -2.16. The number of hydrogen-bond donors (Lipinski definition) is 1. The van der Waals surface area contributed by atoms with Gasteiger partial charge < -0.3 is 5.32 Å². The highest BCUT2D eigenvalue weighted by atomic mass is 19.1. The molecule has 0 aromatic heterocycles. The van der Waals surface area contributed by atoms with E-state index in [1.807, 2.05) is 44.2 Å². The molecule has 96 valence electrons. The van der Waals surface area contributed by atoms with Crippen molar-refractivity contribution < 1.29 is 4.39 Å². The topological polar surface area (TPSA) is 35.8 Å². The summed E-state index contributed by atoms with van der Waals surface area (Å²) < 4.78 is 13.8. The van der Waals surface area contributed by atoms with Gasteiger partial charge in [0.25, 0.3) is 0 Å². The van der Waals surface area contributed by atoms with Gasteiger partial charge in [0.1, 0.15) is 5.82 Å². The fourth-order valence-electron chi connectivity index (χ4n) is 1.87. The molecule has 0 bridgehead atoms. The Balaban J connectivity index is 2.17. The fraction of sp³-hybridized carbons (Fsp3) is 0.188. The summed E-state index contributed by atoms with van der Waals surface area (Å²) in [5.41, 5.74) is 3.02. The molecule has 1 unspecified atom stereocenters. The molecule has 3 heteroatoms. The van der Waals surface area contributed by atoms with Gasteiger partial charge in [-0.05, 0) is 37.6 Å². The zero-order valence-electron chi connectivity index (χ0n) is 10.9. The van der Waals surface area contributed by atoms with Crippen LogP contribution in [0.4, 0.5) is 10.1 Å².